The Hall–Kier alpha value is -2.24. The Morgan fingerprint density at radius 3 is 3.13 bits per heavy atom. The van der Waals surface area contributed by atoms with Crippen LogP contribution in [0.3, 0.4) is 0 Å². The zero-order valence-electron chi connectivity index (χ0n) is 13.3. The highest BCUT2D eigenvalue weighted by Gasteiger charge is 2.27. The van der Waals surface area contributed by atoms with Crippen molar-refractivity contribution in [3.63, 3.8) is 0 Å². The smallest absolute Gasteiger partial charge is 0.224 e. The molecule has 0 radical (unpaired) electrons. The fourth-order valence-electron chi connectivity index (χ4n) is 3.07. The van der Waals surface area contributed by atoms with Gasteiger partial charge in [0, 0.05) is 25.0 Å². The molecule has 1 atom stereocenters. The molecule has 122 valence electrons. The summed E-state index contributed by atoms with van der Waals surface area (Å²) < 4.78 is 13.9. The first kappa shape index (κ1) is 15.6. The van der Waals surface area contributed by atoms with Crippen molar-refractivity contribution in [1.29, 1.82) is 0 Å². The van der Waals surface area contributed by atoms with Crippen LogP contribution < -0.4 is 10.2 Å². The Bertz CT molecular complexity index is 706. The minimum absolute atomic E-state index is 0.0473. The van der Waals surface area contributed by atoms with E-state index in [1.807, 2.05) is 13.0 Å². The monoisotopic (exact) mass is 316 g/mol. The Balaban J connectivity index is 1.84. The van der Waals surface area contributed by atoms with Gasteiger partial charge < -0.3 is 10.2 Å². The van der Waals surface area contributed by atoms with Crippen LogP contribution in [-0.2, 0) is 4.79 Å². The molecule has 1 fully saturated rings. The number of piperidine rings is 1. The standard InChI is InChI=1S/C17H21FN4O/c1-2-8-19-17(23)12-5-4-9-22(10-12)16-13-6-3-7-14(18)15(13)20-11-21-16/h3,6-7,11-12H,2,4-5,8-10H2,1H3,(H,19,23). The third kappa shape index (κ3) is 3.25. The summed E-state index contributed by atoms with van der Waals surface area (Å²) in [6, 6.07) is 4.89. The molecule has 1 aliphatic heterocycles. The molecule has 0 aliphatic carbocycles. The number of aromatic nitrogens is 2. The molecule has 5 nitrogen and oxygen atoms in total. The van der Waals surface area contributed by atoms with E-state index in [0.29, 0.717) is 29.8 Å². The molecule has 1 aliphatic rings. The quantitative estimate of drug-likeness (QED) is 0.941. The fraction of sp³-hybridized carbons (Fsp3) is 0.471. The van der Waals surface area contributed by atoms with E-state index >= 15 is 0 Å². The van der Waals surface area contributed by atoms with Crippen molar-refractivity contribution in [1.82, 2.24) is 15.3 Å². The SMILES string of the molecule is CCCNC(=O)C1CCCN(c2ncnc3c(F)cccc23)C1. The number of carbonyl (C=O) groups is 1. The third-order valence-corrected chi connectivity index (χ3v) is 4.24. The van der Waals surface area contributed by atoms with Gasteiger partial charge in [-0.3, -0.25) is 4.79 Å². The molecule has 1 unspecified atom stereocenters. The molecule has 1 saturated heterocycles. The van der Waals surface area contributed by atoms with Gasteiger partial charge in [0.2, 0.25) is 5.91 Å². The molecule has 6 heteroatoms. The van der Waals surface area contributed by atoms with Crippen LogP contribution in [0, 0.1) is 11.7 Å². The van der Waals surface area contributed by atoms with Crippen molar-refractivity contribution in [2.45, 2.75) is 26.2 Å². The number of anilines is 1. The molecular formula is C17H21FN4O. The Morgan fingerprint density at radius 1 is 1.43 bits per heavy atom. The number of carbonyl (C=O) groups excluding carboxylic acids is 1. The van der Waals surface area contributed by atoms with Crippen LogP contribution in [-0.4, -0.2) is 35.5 Å². The second kappa shape index (κ2) is 6.89. The van der Waals surface area contributed by atoms with Gasteiger partial charge in [0.05, 0.1) is 5.92 Å². The van der Waals surface area contributed by atoms with Crippen LogP contribution >= 0.6 is 0 Å². The molecule has 1 aromatic heterocycles. The first-order chi connectivity index (χ1) is 11.2. The summed E-state index contributed by atoms with van der Waals surface area (Å²) in [6.45, 7) is 4.17. The number of fused-ring (bicyclic) bond motifs is 1. The van der Waals surface area contributed by atoms with Crippen molar-refractivity contribution < 1.29 is 9.18 Å². The van der Waals surface area contributed by atoms with Crippen molar-refractivity contribution in [2.24, 2.45) is 5.92 Å². The number of para-hydroxylation sites is 1. The molecule has 23 heavy (non-hydrogen) atoms. The molecule has 1 N–H and O–H groups in total. The topological polar surface area (TPSA) is 58.1 Å². The third-order valence-electron chi connectivity index (χ3n) is 4.24. The molecule has 0 bridgehead atoms. The Labute approximate surface area is 134 Å². The van der Waals surface area contributed by atoms with Gasteiger partial charge >= 0.3 is 0 Å². The average molecular weight is 316 g/mol. The number of halogens is 1. The molecule has 0 saturated carbocycles. The van der Waals surface area contributed by atoms with Crippen LogP contribution in [0.5, 0.6) is 0 Å². The molecule has 3 rings (SSSR count). The van der Waals surface area contributed by atoms with Gasteiger partial charge in [0.1, 0.15) is 23.5 Å². The van der Waals surface area contributed by atoms with Crippen LogP contribution in [0.15, 0.2) is 24.5 Å². The summed E-state index contributed by atoms with van der Waals surface area (Å²) >= 11 is 0. The summed E-state index contributed by atoms with van der Waals surface area (Å²) in [7, 11) is 0. The van der Waals surface area contributed by atoms with Crippen molar-refractivity contribution in [2.75, 3.05) is 24.5 Å². The predicted molar refractivity (Wildman–Crippen MR) is 87.7 cm³/mol. The van der Waals surface area contributed by atoms with Crippen LogP contribution in [0.4, 0.5) is 10.2 Å². The first-order valence-electron chi connectivity index (χ1n) is 8.12. The van der Waals surface area contributed by atoms with Gasteiger partial charge in [-0.25, -0.2) is 14.4 Å². The lowest BCUT2D eigenvalue weighted by atomic mass is 9.96. The van der Waals surface area contributed by atoms with Crippen molar-refractivity contribution in [3.8, 4) is 0 Å². The van der Waals surface area contributed by atoms with E-state index in [9.17, 15) is 9.18 Å². The highest BCUT2D eigenvalue weighted by molar-refractivity contribution is 5.90. The maximum Gasteiger partial charge on any atom is 0.224 e. The number of benzene rings is 1. The Morgan fingerprint density at radius 2 is 2.30 bits per heavy atom. The molecule has 0 spiro atoms. The molecular weight excluding hydrogens is 295 g/mol. The summed E-state index contributed by atoms with van der Waals surface area (Å²) in [4.78, 5) is 22.7. The fourth-order valence-corrected chi connectivity index (χ4v) is 3.07. The van der Waals surface area contributed by atoms with E-state index in [2.05, 4.69) is 20.2 Å². The highest BCUT2D eigenvalue weighted by Crippen LogP contribution is 2.28. The van der Waals surface area contributed by atoms with Crippen molar-refractivity contribution in [3.05, 3.63) is 30.3 Å². The van der Waals surface area contributed by atoms with Crippen LogP contribution in [0.1, 0.15) is 26.2 Å². The largest absolute Gasteiger partial charge is 0.356 e. The molecule has 1 amide bonds. The van der Waals surface area contributed by atoms with Gasteiger partial charge in [0.25, 0.3) is 0 Å². The van der Waals surface area contributed by atoms with E-state index in [1.165, 1.54) is 12.4 Å². The lowest BCUT2D eigenvalue weighted by Crippen LogP contribution is -2.43. The number of hydrogen-bond acceptors (Lipinski definition) is 4. The lowest BCUT2D eigenvalue weighted by molar-refractivity contribution is -0.125. The summed E-state index contributed by atoms with van der Waals surface area (Å²) in [5, 5.41) is 3.66. The number of nitrogens with one attached hydrogen (secondary N) is 1. The predicted octanol–water partition coefficient (Wildman–Crippen LogP) is 2.51. The maximum absolute atomic E-state index is 13.9. The minimum Gasteiger partial charge on any atom is -0.356 e. The second-order valence-corrected chi connectivity index (χ2v) is 5.91. The number of rotatable bonds is 4. The van der Waals surface area contributed by atoms with Crippen LogP contribution in [0.2, 0.25) is 0 Å². The summed E-state index contributed by atoms with van der Waals surface area (Å²) in [6.07, 6.45) is 4.12. The zero-order valence-corrected chi connectivity index (χ0v) is 13.3. The van der Waals surface area contributed by atoms with E-state index in [1.54, 1.807) is 6.07 Å². The van der Waals surface area contributed by atoms with Gasteiger partial charge in [-0.2, -0.15) is 0 Å². The minimum atomic E-state index is -0.347. The van der Waals surface area contributed by atoms with E-state index in [4.69, 9.17) is 0 Å². The second-order valence-electron chi connectivity index (χ2n) is 5.91. The van der Waals surface area contributed by atoms with Gasteiger partial charge in [-0.05, 0) is 31.4 Å². The number of amides is 1. The first-order valence-corrected chi connectivity index (χ1v) is 8.12. The van der Waals surface area contributed by atoms with Crippen LogP contribution in [0.25, 0.3) is 10.9 Å². The van der Waals surface area contributed by atoms with Gasteiger partial charge in [0.15, 0.2) is 0 Å². The lowest BCUT2D eigenvalue weighted by Gasteiger charge is -2.33. The van der Waals surface area contributed by atoms with Crippen molar-refractivity contribution >= 4 is 22.6 Å². The highest BCUT2D eigenvalue weighted by atomic mass is 19.1. The molecule has 1 aromatic carbocycles. The van der Waals surface area contributed by atoms with Gasteiger partial charge in [-0.15, -0.1) is 0 Å². The van der Waals surface area contributed by atoms with E-state index in [0.717, 1.165) is 25.8 Å². The van der Waals surface area contributed by atoms with Gasteiger partial charge in [-0.1, -0.05) is 13.0 Å². The number of hydrogen-bond donors (Lipinski definition) is 1. The number of nitrogens with zero attached hydrogens (tertiary/aromatic N) is 3. The average Bonchev–Trinajstić information content (AvgIpc) is 2.60. The molecule has 2 aromatic rings. The maximum atomic E-state index is 13.9. The van der Waals surface area contributed by atoms with E-state index < -0.39 is 0 Å². The summed E-state index contributed by atoms with van der Waals surface area (Å²) in [5.41, 5.74) is 0.329. The Kier molecular flexibility index (Phi) is 4.69. The normalized spacial score (nSPS) is 18.2. The summed E-state index contributed by atoms with van der Waals surface area (Å²) in [5.74, 6) is 0.415. The zero-order chi connectivity index (χ0) is 16.2. The van der Waals surface area contributed by atoms with E-state index in [-0.39, 0.29) is 17.6 Å². The molecule has 2 heterocycles.